The van der Waals surface area contributed by atoms with Gasteiger partial charge in [0.05, 0.1) is 24.9 Å². The number of nitrogens with zero attached hydrogens (tertiary/aromatic N) is 3. The number of hydrogen-bond acceptors (Lipinski definition) is 8. The van der Waals surface area contributed by atoms with Crippen LogP contribution in [-0.2, 0) is 14.2 Å². The summed E-state index contributed by atoms with van der Waals surface area (Å²) in [6, 6.07) is 17.4. The molecule has 9 heteroatoms. The van der Waals surface area contributed by atoms with Crippen molar-refractivity contribution in [2.24, 2.45) is 0 Å². The molecule has 1 amide bonds. The minimum absolute atomic E-state index is 0.153. The zero-order valence-electron chi connectivity index (χ0n) is 20.0. The van der Waals surface area contributed by atoms with Crippen LogP contribution >= 0.6 is 0 Å². The van der Waals surface area contributed by atoms with Gasteiger partial charge < -0.3 is 24.4 Å². The minimum Gasteiger partial charge on any atom is -0.441 e. The van der Waals surface area contributed by atoms with Crippen molar-refractivity contribution in [1.82, 2.24) is 9.97 Å². The van der Waals surface area contributed by atoms with E-state index in [4.69, 9.17) is 14.2 Å². The van der Waals surface area contributed by atoms with Gasteiger partial charge >= 0.3 is 6.09 Å². The SMILES string of the molecule is Cc1ccc(NC(=O)O[C@H]2CO[C@@H]3[C@@H]2OC[C@@H]3Nc2nccc(-c3ccc(N(C)C)cc3)n2)cc1. The molecule has 2 aromatic carbocycles. The molecule has 5 rings (SSSR count). The van der Waals surface area contributed by atoms with Crippen molar-refractivity contribution in [1.29, 1.82) is 0 Å². The average molecular weight is 476 g/mol. The number of nitrogens with one attached hydrogen (secondary N) is 2. The predicted molar refractivity (Wildman–Crippen MR) is 134 cm³/mol. The van der Waals surface area contributed by atoms with E-state index in [2.05, 4.69) is 37.6 Å². The first kappa shape index (κ1) is 23.1. The van der Waals surface area contributed by atoms with Crippen molar-refractivity contribution in [3.63, 3.8) is 0 Å². The number of amides is 1. The normalized spacial score (nSPS) is 22.9. The molecule has 0 saturated carbocycles. The smallest absolute Gasteiger partial charge is 0.412 e. The second-order valence-corrected chi connectivity index (χ2v) is 8.99. The Kier molecular flexibility index (Phi) is 6.52. The predicted octanol–water partition coefficient (Wildman–Crippen LogP) is 3.71. The molecule has 2 aliphatic rings. The Morgan fingerprint density at radius 3 is 2.49 bits per heavy atom. The molecule has 4 atom stereocenters. The van der Waals surface area contributed by atoms with E-state index in [-0.39, 0.29) is 24.9 Å². The zero-order valence-corrected chi connectivity index (χ0v) is 20.0. The first-order valence-corrected chi connectivity index (χ1v) is 11.6. The van der Waals surface area contributed by atoms with Crippen LogP contribution in [0.3, 0.4) is 0 Å². The topological polar surface area (TPSA) is 97.8 Å². The first-order valence-electron chi connectivity index (χ1n) is 11.6. The van der Waals surface area contributed by atoms with Crippen LogP contribution in [0.15, 0.2) is 60.8 Å². The summed E-state index contributed by atoms with van der Waals surface area (Å²) in [6.07, 6.45) is 0.102. The molecule has 2 N–H and O–H groups in total. The second kappa shape index (κ2) is 9.89. The third-order valence-corrected chi connectivity index (χ3v) is 6.21. The molecule has 0 spiro atoms. The molecule has 0 radical (unpaired) electrons. The standard InChI is InChI=1S/C26H29N5O4/c1-16-4-8-18(9-5-16)28-26(32)35-22-15-34-23-21(14-33-24(22)23)30-25-27-13-12-20(29-25)17-6-10-19(11-7-17)31(2)3/h4-13,21-24H,14-15H2,1-3H3,(H,28,32)(H,27,29,30)/t21-,22-,23-,24+/m0/s1. The summed E-state index contributed by atoms with van der Waals surface area (Å²) >= 11 is 0. The summed E-state index contributed by atoms with van der Waals surface area (Å²) in [7, 11) is 4.02. The van der Waals surface area contributed by atoms with Crippen LogP contribution in [0, 0.1) is 6.92 Å². The molecule has 3 heterocycles. The van der Waals surface area contributed by atoms with E-state index in [9.17, 15) is 4.79 Å². The number of aryl methyl sites for hydroxylation is 1. The summed E-state index contributed by atoms with van der Waals surface area (Å²) in [5, 5.41) is 6.08. The summed E-state index contributed by atoms with van der Waals surface area (Å²) in [4.78, 5) is 23.5. The van der Waals surface area contributed by atoms with Gasteiger partial charge in [0.15, 0.2) is 6.10 Å². The lowest BCUT2D eigenvalue weighted by Crippen LogP contribution is -2.38. The molecule has 182 valence electrons. The van der Waals surface area contributed by atoms with Gasteiger partial charge in [-0.1, -0.05) is 29.8 Å². The minimum atomic E-state index is -0.528. The number of aromatic nitrogens is 2. The van der Waals surface area contributed by atoms with Crippen molar-refractivity contribution in [2.45, 2.75) is 31.3 Å². The van der Waals surface area contributed by atoms with E-state index in [1.165, 1.54) is 0 Å². The van der Waals surface area contributed by atoms with Gasteiger partial charge in [-0.3, -0.25) is 5.32 Å². The maximum Gasteiger partial charge on any atom is 0.412 e. The van der Waals surface area contributed by atoms with Crippen LogP contribution in [0.5, 0.6) is 0 Å². The van der Waals surface area contributed by atoms with E-state index in [1.807, 2.05) is 63.5 Å². The summed E-state index contributed by atoms with van der Waals surface area (Å²) in [5.74, 6) is 0.499. The van der Waals surface area contributed by atoms with Gasteiger partial charge in [-0.15, -0.1) is 0 Å². The van der Waals surface area contributed by atoms with Crippen LogP contribution in [0.4, 0.5) is 22.1 Å². The van der Waals surface area contributed by atoms with Crippen LogP contribution in [0.2, 0.25) is 0 Å². The van der Waals surface area contributed by atoms with Gasteiger partial charge in [-0.05, 0) is 37.3 Å². The van der Waals surface area contributed by atoms with Gasteiger partial charge in [-0.25, -0.2) is 14.8 Å². The van der Waals surface area contributed by atoms with E-state index >= 15 is 0 Å². The van der Waals surface area contributed by atoms with Crippen molar-refractivity contribution >= 4 is 23.4 Å². The molecule has 2 fully saturated rings. The van der Waals surface area contributed by atoms with Crippen LogP contribution in [-0.4, -0.2) is 67.7 Å². The average Bonchev–Trinajstić information content (AvgIpc) is 3.44. The number of benzene rings is 2. The molecular formula is C26H29N5O4. The zero-order chi connectivity index (χ0) is 24.4. The van der Waals surface area contributed by atoms with Crippen molar-refractivity contribution in [3.8, 4) is 11.3 Å². The number of ether oxygens (including phenoxy) is 3. The third-order valence-electron chi connectivity index (χ3n) is 6.21. The molecule has 2 saturated heterocycles. The summed E-state index contributed by atoms with van der Waals surface area (Å²) in [5.41, 5.74) is 4.75. The fourth-order valence-electron chi connectivity index (χ4n) is 4.30. The van der Waals surface area contributed by atoms with Crippen LogP contribution in [0.1, 0.15) is 5.56 Å². The Labute approximate surface area is 204 Å². The molecule has 0 aliphatic carbocycles. The molecule has 9 nitrogen and oxygen atoms in total. The number of carbonyl (C=O) groups excluding carboxylic acids is 1. The lowest BCUT2D eigenvalue weighted by Gasteiger charge is -2.18. The molecule has 1 aromatic heterocycles. The molecule has 35 heavy (non-hydrogen) atoms. The molecule has 0 unspecified atom stereocenters. The van der Waals surface area contributed by atoms with E-state index in [0.29, 0.717) is 18.2 Å². The highest BCUT2D eigenvalue weighted by Crippen LogP contribution is 2.31. The highest BCUT2D eigenvalue weighted by atomic mass is 16.6. The van der Waals surface area contributed by atoms with Gasteiger partial charge in [-0.2, -0.15) is 0 Å². The van der Waals surface area contributed by atoms with Crippen LogP contribution in [0.25, 0.3) is 11.3 Å². The first-order chi connectivity index (χ1) is 17.0. The number of rotatable bonds is 6. The fraction of sp³-hybridized carbons (Fsp3) is 0.346. The quantitative estimate of drug-likeness (QED) is 0.557. The lowest BCUT2D eigenvalue weighted by molar-refractivity contribution is 0.00917. The monoisotopic (exact) mass is 475 g/mol. The van der Waals surface area contributed by atoms with E-state index in [0.717, 1.165) is 22.5 Å². The van der Waals surface area contributed by atoms with Crippen LogP contribution < -0.4 is 15.5 Å². The number of anilines is 3. The van der Waals surface area contributed by atoms with E-state index < -0.39 is 12.2 Å². The molecule has 0 bridgehead atoms. The van der Waals surface area contributed by atoms with Crippen molar-refractivity contribution in [3.05, 3.63) is 66.4 Å². The fourth-order valence-corrected chi connectivity index (χ4v) is 4.30. The van der Waals surface area contributed by atoms with Gasteiger partial charge in [0, 0.05) is 37.2 Å². The van der Waals surface area contributed by atoms with Crippen molar-refractivity contribution in [2.75, 3.05) is 42.8 Å². The molecular weight excluding hydrogens is 446 g/mol. The molecule has 2 aliphatic heterocycles. The second-order valence-electron chi connectivity index (χ2n) is 8.99. The Morgan fingerprint density at radius 2 is 1.74 bits per heavy atom. The number of hydrogen-bond donors (Lipinski definition) is 2. The highest BCUT2D eigenvalue weighted by molar-refractivity contribution is 5.84. The summed E-state index contributed by atoms with van der Waals surface area (Å²) in [6.45, 7) is 2.66. The van der Waals surface area contributed by atoms with Gasteiger partial charge in [0.25, 0.3) is 0 Å². The number of carbonyl (C=O) groups is 1. The Bertz CT molecular complexity index is 1170. The molecule has 3 aromatic rings. The third kappa shape index (κ3) is 5.21. The van der Waals surface area contributed by atoms with Gasteiger partial charge in [0.1, 0.15) is 12.2 Å². The van der Waals surface area contributed by atoms with Crippen molar-refractivity contribution < 1.29 is 19.0 Å². The highest BCUT2D eigenvalue weighted by Gasteiger charge is 2.49. The van der Waals surface area contributed by atoms with Gasteiger partial charge in [0.2, 0.25) is 5.95 Å². The number of fused-ring (bicyclic) bond motifs is 1. The Balaban J connectivity index is 1.19. The maximum absolute atomic E-state index is 12.4. The van der Waals surface area contributed by atoms with E-state index in [1.54, 1.807) is 6.20 Å². The Hall–Kier alpha value is -3.69. The summed E-state index contributed by atoms with van der Waals surface area (Å²) < 4.78 is 17.5. The maximum atomic E-state index is 12.4. The lowest BCUT2D eigenvalue weighted by atomic mass is 10.1. The largest absolute Gasteiger partial charge is 0.441 e. The Morgan fingerprint density at radius 1 is 1.00 bits per heavy atom.